The maximum atomic E-state index is 15.1. The van der Waals surface area contributed by atoms with Crippen LogP contribution >= 0.6 is 0 Å². The lowest BCUT2D eigenvalue weighted by Gasteiger charge is -2.42. The molecule has 38 heavy (non-hydrogen) atoms. The van der Waals surface area contributed by atoms with Gasteiger partial charge in [0.05, 0.1) is 11.0 Å². The first-order valence-corrected chi connectivity index (χ1v) is 13.3. The van der Waals surface area contributed by atoms with E-state index in [0.717, 1.165) is 62.4 Å². The molecule has 198 valence electrons. The van der Waals surface area contributed by atoms with Gasteiger partial charge in [0.15, 0.2) is 11.6 Å². The third kappa shape index (κ3) is 5.46. The van der Waals surface area contributed by atoms with E-state index >= 15 is 4.39 Å². The second kappa shape index (κ2) is 9.92. The van der Waals surface area contributed by atoms with Crippen molar-refractivity contribution >= 4 is 28.6 Å². The summed E-state index contributed by atoms with van der Waals surface area (Å²) in [6.07, 6.45) is 5.31. The van der Waals surface area contributed by atoms with Crippen LogP contribution in [0, 0.1) is 5.82 Å². The van der Waals surface area contributed by atoms with Crippen LogP contribution in [0.4, 0.5) is 22.0 Å². The molecule has 0 radical (unpaired) electrons. The van der Waals surface area contributed by atoms with E-state index in [0.29, 0.717) is 17.6 Å². The van der Waals surface area contributed by atoms with Gasteiger partial charge >= 0.3 is 0 Å². The van der Waals surface area contributed by atoms with Crippen molar-refractivity contribution in [2.45, 2.75) is 51.7 Å². The Morgan fingerprint density at radius 3 is 2.61 bits per heavy atom. The summed E-state index contributed by atoms with van der Waals surface area (Å²) in [4.78, 5) is 25.7. The van der Waals surface area contributed by atoms with Gasteiger partial charge < -0.3 is 15.6 Å². The quantitative estimate of drug-likeness (QED) is 0.323. The van der Waals surface area contributed by atoms with Gasteiger partial charge in [-0.2, -0.15) is 0 Å². The first-order chi connectivity index (χ1) is 18.3. The number of H-pyrrole nitrogens is 1. The number of aromatic nitrogens is 5. The van der Waals surface area contributed by atoms with Crippen LogP contribution in [0.1, 0.15) is 39.2 Å². The van der Waals surface area contributed by atoms with E-state index in [1.54, 1.807) is 0 Å². The smallest absolute Gasteiger partial charge is 0.206 e. The Bertz CT molecular complexity index is 1430. The van der Waals surface area contributed by atoms with Crippen molar-refractivity contribution in [1.82, 2.24) is 34.7 Å². The minimum atomic E-state index is -0.433. The van der Waals surface area contributed by atoms with Crippen molar-refractivity contribution in [1.29, 1.82) is 0 Å². The fourth-order valence-corrected chi connectivity index (χ4v) is 4.91. The maximum Gasteiger partial charge on any atom is 0.206 e. The number of pyridine rings is 1. The molecule has 0 unspecified atom stereocenters. The van der Waals surface area contributed by atoms with Crippen molar-refractivity contribution in [2.75, 3.05) is 36.8 Å². The summed E-state index contributed by atoms with van der Waals surface area (Å²) in [5, 5.41) is 6.42. The number of aromatic amines is 1. The van der Waals surface area contributed by atoms with E-state index in [2.05, 4.69) is 78.3 Å². The molecule has 0 atom stereocenters. The largest absolute Gasteiger partial charge is 0.365 e. The normalized spacial score (nSPS) is 17.2. The lowest BCUT2D eigenvalue weighted by atomic mass is 10.0. The molecule has 9 nitrogen and oxygen atoms in total. The highest BCUT2D eigenvalue weighted by Gasteiger charge is 2.26. The SMILES string of the molecule is CC(C)(C)N1CCN(Cc2ccnc(Nc3nc4ccc(-c5ncnc(NC6CC6)c5F)cc4[nH]3)c2)CC1. The number of hydrogen-bond donors (Lipinski definition) is 3. The first kappa shape index (κ1) is 24.7. The zero-order chi connectivity index (χ0) is 26.3. The fraction of sp³-hybridized carbons (Fsp3) is 0.429. The van der Waals surface area contributed by atoms with E-state index in [1.807, 2.05) is 24.4 Å². The molecule has 2 fully saturated rings. The van der Waals surface area contributed by atoms with Gasteiger partial charge in [-0.15, -0.1) is 0 Å². The van der Waals surface area contributed by atoms with Crippen LogP contribution in [0.5, 0.6) is 0 Å². The molecular weight excluding hydrogens is 481 g/mol. The van der Waals surface area contributed by atoms with E-state index in [4.69, 9.17) is 0 Å². The Balaban J connectivity index is 1.14. The number of nitrogens with zero attached hydrogens (tertiary/aromatic N) is 6. The fourth-order valence-electron chi connectivity index (χ4n) is 4.91. The molecule has 1 aliphatic carbocycles. The molecule has 0 amide bonds. The van der Waals surface area contributed by atoms with E-state index in [1.165, 1.54) is 11.9 Å². The van der Waals surface area contributed by atoms with E-state index < -0.39 is 5.82 Å². The zero-order valence-electron chi connectivity index (χ0n) is 22.1. The predicted molar refractivity (Wildman–Crippen MR) is 148 cm³/mol. The molecule has 0 spiro atoms. The van der Waals surface area contributed by atoms with Gasteiger partial charge in [-0.1, -0.05) is 6.07 Å². The molecule has 3 N–H and O–H groups in total. The summed E-state index contributed by atoms with van der Waals surface area (Å²) in [6, 6.07) is 10.00. The molecule has 10 heteroatoms. The van der Waals surface area contributed by atoms with Crippen molar-refractivity contribution in [2.24, 2.45) is 0 Å². The Labute approximate surface area is 221 Å². The number of piperazine rings is 1. The Kier molecular flexibility index (Phi) is 6.45. The number of imidazole rings is 1. The van der Waals surface area contributed by atoms with E-state index in [-0.39, 0.29) is 17.1 Å². The molecule has 1 saturated heterocycles. The number of fused-ring (bicyclic) bond motifs is 1. The van der Waals surface area contributed by atoms with Crippen LogP contribution in [0.3, 0.4) is 0 Å². The minimum absolute atomic E-state index is 0.215. The lowest BCUT2D eigenvalue weighted by Crippen LogP contribution is -2.53. The van der Waals surface area contributed by atoms with Crippen LogP contribution < -0.4 is 10.6 Å². The summed E-state index contributed by atoms with van der Waals surface area (Å²) >= 11 is 0. The summed E-state index contributed by atoms with van der Waals surface area (Å²) in [7, 11) is 0. The third-order valence-corrected chi connectivity index (χ3v) is 7.26. The van der Waals surface area contributed by atoms with Crippen molar-refractivity contribution in [3.05, 3.63) is 54.2 Å². The average molecular weight is 516 g/mol. The number of nitrogens with one attached hydrogen (secondary N) is 3. The van der Waals surface area contributed by atoms with E-state index in [9.17, 15) is 0 Å². The van der Waals surface area contributed by atoms with Crippen molar-refractivity contribution in [3.63, 3.8) is 0 Å². The molecular formula is C28H34FN9. The van der Waals surface area contributed by atoms with Crippen LogP contribution in [-0.2, 0) is 6.54 Å². The summed E-state index contributed by atoms with van der Waals surface area (Å²) in [5.74, 6) is 1.14. The highest BCUT2D eigenvalue weighted by atomic mass is 19.1. The molecule has 4 heterocycles. The minimum Gasteiger partial charge on any atom is -0.365 e. The molecule has 6 rings (SSSR count). The van der Waals surface area contributed by atoms with Crippen LogP contribution in [0.2, 0.25) is 0 Å². The standard InChI is InChI=1S/C28H34FN9/c1-28(2,3)38-12-10-37(11-13-38)16-18-8-9-30-23(14-18)36-27-34-21-7-4-19(15-22(21)35-27)25-24(29)26(32-17-31-25)33-20-5-6-20/h4,7-9,14-15,17,20H,5-6,10-13,16H2,1-3H3,(H,31,32,33)(H2,30,34,35,36). The monoisotopic (exact) mass is 515 g/mol. The Hall–Kier alpha value is -3.63. The Morgan fingerprint density at radius 1 is 1.03 bits per heavy atom. The molecule has 1 saturated carbocycles. The number of hydrogen-bond acceptors (Lipinski definition) is 8. The van der Waals surface area contributed by atoms with Gasteiger partial charge in [0.25, 0.3) is 0 Å². The number of anilines is 3. The van der Waals surface area contributed by atoms with Gasteiger partial charge in [-0.3, -0.25) is 9.80 Å². The van der Waals surface area contributed by atoms with Gasteiger partial charge in [-0.25, -0.2) is 24.3 Å². The van der Waals surface area contributed by atoms with Gasteiger partial charge in [0.2, 0.25) is 5.95 Å². The lowest BCUT2D eigenvalue weighted by molar-refractivity contribution is 0.0591. The first-order valence-electron chi connectivity index (χ1n) is 13.3. The second-order valence-corrected chi connectivity index (χ2v) is 11.2. The summed E-state index contributed by atoms with van der Waals surface area (Å²) in [6.45, 7) is 12.0. The molecule has 1 aromatic carbocycles. The second-order valence-electron chi connectivity index (χ2n) is 11.2. The van der Waals surface area contributed by atoms with Crippen LogP contribution in [0.15, 0.2) is 42.9 Å². The van der Waals surface area contributed by atoms with Crippen LogP contribution in [-0.4, -0.2) is 72.5 Å². The van der Waals surface area contributed by atoms with Gasteiger partial charge in [0.1, 0.15) is 17.8 Å². The Morgan fingerprint density at radius 2 is 1.84 bits per heavy atom. The maximum absolute atomic E-state index is 15.1. The highest BCUT2D eigenvalue weighted by molar-refractivity contribution is 5.83. The molecule has 4 aromatic rings. The summed E-state index contributed by atoms with van der Waals surface area (Å²) < 4.78 is 15.1. The van der Waals surface area contributed by atoms with Crippen molar-refractivity contribution < 1.29 is 4.39 Å². The topological polar surface area (TPSA) is 97.9 Å². The molecule has 1 aliphatic heterocycles. The summed E-state index contributed by atoms with van der Waals surface area (Å²) in [5.41, 5.74) is 3.92. The molecule has 3 aromatic heterocycles. The average Bonchev–Trinajstić information content (AvgIpc) is 3.62. The third-order valence-electron chi connectivity index (χ3n) is 7.26. The number of halogens is 1. The molecule has 2 aliphatic rings. The zero-order valence-corrected chi connectivity index (χ0v) is 22.1. The van der Waals surface area contributed by atoms with Gasteiger partial charge in [-0.05, 0) is 63.4 Å². The molecule has 0 bridgehead atoms. The highest BCUT2D eigenvalue weighted by Crippen LogP contribution is 2.30. The van der Waals surface area contributed by atoms with Gasteiger partial charge in [0, 0.05) is 56.1 Å². The number of benzene rings is 1. The van der Waals surface area contributed by atoms with Crippen molar-refractivity contribution in [3.8, 4) is 11.3 Å². The predicted octanol–water partition coefficient (Wildman–Crippen LogP) is 4.79. The number of rotatable bonds is 7. The van der Waals surface area contributed by atoms with Crippen LogP contribution in [0.25, 0.3) is 22.3 Å².